The number of rotatable bonds is 5. The predicted octanol–water partition coefficient (Wildman–Crippen LogP) is 3.65. The van der Waals surface area contributed by atoms with Gasteiger partial charge in [-0.1, -0.05) is 36.4 Å². The Bertz CT molecular complexity index is 386. The summed E-state index contributed by atoms with van der Waals surface area (Å²) < 4.78 is 11.5. The molecule has 96 valence electrons. The molecule has 1 saturated heterocycles. The van der Waals surface area contributed by atoms with Crippen LogP contribution in [0.15, 0.2) is 49.6 Å². The summed E-state index contributed by atoms with van der Waals surface area (Å²) in [5.41, 5.74) is 2.34. The molecular weight excluding hydrogens is 224 g/mol. The van der Waals surface area contributed by atoms with E-state index in [0.717, 1.165) is 31.6 Å². The summed E-state index contributed by atoms with van der Waals surface area (Å²) in [6, 6.07) is 8.33. The molecule has 1 fully saturated rings. The summed E-state index contributed by atoms with van der Waals surface area (Å²) in [6.07, 6.45) is 5.45. The van der Waals surface area contributed by atoms with Gasteiger partial charge in [-0.3, -0.25) is 0 Å². The van der Waals surface area contributed by atoms with Crippen LogP contribution in [0.5, 0.6) is 0 Å². The fourth-order valence-corrected chi connectivity index (χ4v) is 2.08. The second-order valence-electron chi connectivity index (χ2n) is 4.62. The van der Waals surface area contributed by atoms with Gasteiger partial charge in [-0.05, 0) is 18.4 Å². The topological polar surface area (TPSA) is 18.5 Å². The van der Waals surface area contributed by atoms with Gasteiger partial charge in [0.1, 0.15) is 0 Å². The van der Waals surface area contributed by atoms with Crippen LogP contribution < -0.4 is 0 Å². The lowest BCUT2D eigenvalue weighted by Crippen LogP contribution is -2.26. The third kappa shape index (κ3) is 3.31. The van der Waals surface area contributed by atoms with Crippen LogP contribution in [0.3, 0.4) is 0 Å². The van der Waals surface area contributed by atoms with E-state index in [2.05, 4.69) is 37.4 Å². The molecular formula is C16H20O2. The smallest absolute Gasteiger partial charge is 0.183 e. The van der Waals surface area contributed by atoms with Crippen molar-refractivity contribution in [2.75, 3.05) is 13.2 Å². The number of hydrogen-bond acceptors (Lipinski definition) is 2. The summed E-state index contributed by atoms with van der Waals surface area (Å²) in [4.78, 5) is 0. The minimum atomic E-state index is -0.219. The van der Waals surface area contributed by atoms with Crippen LogP contribution in [-0.2, 0) is 15.9 Å². The highest BCUT2D eigenvalue weighted by atomic mass is 16.7. The Morgan fingerprint density at radius 1 is 1.06 bits per heavy atom. The average Bonchev–Trinajstić information content (AvgIpc) is 2.41. The molecule has 0 bridgehead atoms. The molecule has 1 aliphatic heterocycles. The van der Waals surface area contributed by atoms with E-state index in [-0.39, 0.29) is 6.29 Å². The molecule has 0 amide bonds. The first kappa shape index (κ1) is 13.1. The number of ether oxygens (including phenoxy) is 2. The molecule has 2 rings (SSSR count). The van der Waals surface area contributed by atoms with E-state index in [0.29, 0.717) is 5.92 Å². The van der Waals surface area contributed by atoms with Gasteiger partial charge in [0.25, 0.3) is 0 Å². The van der Waals surface area contributed by atoms with Crippen molar-refractivity contribution in [2.45, 2.75) is 19.1 Å². The minimum absolute atomic E-state index is 0.219. The molecule has 0 radical (unpaired) electrons. The van der Waals surface area contributed by atoms with Crippen molar-refractivity contribution in [1.29, 1.82) is 0 Å². The monoisotopic (exact) mass is 244 g/mol. The third-order valence-electron chi connectivity index (χ3n) is 3.10. The zero-order valence-corrected chi connectivity index (χ0v) is 10.7. The molecule has 0 unspecified atom stereocenters. The second kappa shape index (κ2) is 6.53. The van der Waals surface area contributed by atoms with Crippen LogP contribution in [0.1, 0.15) is 23.8 Å². The maximum atomic E-state index is 5.74. The van der Waals surface area contributed by atoms with Crippen molar-refractivity contribution in [3.05, 3.63) is 60.7 Å². The lowest BCUT2D eigenvalue weighted by Gasteiger charge is -2.29. The lowest BCUT2D eigenvalue weighted by molar-refractivity contribution is -0.204. The van der Waals surface area contributed by atoms with Gasteiger partial charge in [0.2, 0.25) is 0 Å². The van der Waals surface area contributed by atoms with E-state index in [1.165, 1.54) is 5.56 Å². The van der Waals surface area contributed by atoms with Crippen LogP contribution >= 0.6 is 0 Å². The highest BCUT2D eigenvalue weighted by Gasteiger charge is 2.22. The van der Waals surface area contributed by atoms with Crippen LogP contribution in [0.25, 0.3) is 0 Å². The van der Waals surface area contributed by atoms with Gasteiger partial charge in [-0.2, -0.15) is 0 Å². The quantitative estimate of drug-likeness (QED) is 0.736. The largest absolute Gasteiger partial charge is 0.348 e. The highest BCUT2D eigenvalue weighted by molar-refractivity contribution is 5.24. The van der Waals surface area contributed by atoms with Crippen molar-refractivity contribution < 1.29 is 9.47 Å². The standard InChI is InChI=1S/C16H20O2/c1-3-5-13-7-9-15(10-8-13)16-17-11-14(6-4-2)12-18-16/h3-4,7-10,14,16H,1-2,5-6,11-12H2. The first-order valence-electron chi connectivity index (χ1n) is 6.37. The molecule has 0 aromatic heterocycles. The molecule has 1 heterocycles. The Labute approximate surface area is 109 Å². The van der Waals surface area contributed by atoms with Gasteiger partial charge in [-0.15, -0.1) is 13.2 Å². The van der Waals surface area contributed by atoms with Crippen molar-refractivity contribution >= 4 is 0 Å². The average molecular weight is 244 g/mol. The first-order valence-corrected chi connectivity index (χ1v) is 6.37. The Kier molecular flexibility index (Phi) is 4.73. The van der Waals surface area contributed by atoms with Gasteiger partial charge < -0.3 is 9.47 Å². The molecule has 0 aliphatic carbocycles. The molecule has 0 saturated carbocycles. The Balaban J connectivity index is 1.92. The number of hydrogen-bond donors (Lipinski definition) is 0. The summed E-state index contributed by atoms with van der Waals surface area (Å²) in [7, 11) is 0. The minimum Gasteiger partial charge on any atom is -0.348 e. The zero-order valence-electron chi connectivity index (χ0n) is 10.7. The van der Waals surface area contributed by atoms with E-state index in [1.807, 2.05) is 12.2 Å². The molecule has 2 nitrogen and oxygen atoms in total. The fourth-order valence-electron chi connectivity index (χ4n) is 2.08. The first-order chi connectivity index (χ1) is 8.83. The predicted molar refractivity (Wildman–Crippen MR) is 73.3 cm³/mol. The molecule has 2 heteroatoms. The summed E-state index contributed by atoms with van der Waals surface area (Å²) in [6.45, 7) is 8.96. The maximum Gasteiger partial charge on any atom is 0.183 e. The molecule has 0 spiro atoms. The van der Waals surface area contributed by atoms with Crippen molar-refractivity contribution in [2.24, 2.45) is 5.92 Å². The normalized spacial score (nSPS) is 23.6. The maximum absolute atomic E-state index is 5.74. The Morgan fingerprint density at radius 2 is 1.72 bits per heavy atom. The number of benzene rings is 1. The second-order valence-corrected chi connectivity index (χ2v) is 4.62. The molecule has 1 aromatic rings. The van der Waals surface area contributed by atoms with Gasteiger partial charge >= 0.3 is 0 Å². The fraction of sp³-hybridized carbons (Fsp3) is 0.375. The molecule has 1 aromatic carbocycles. The summed E-state index contributed by atoms with van der Waals surface area (Å²) >= 11 is 0. The van der Waals surface area contributed by atoms with Crippen LogP contribution in [0.4, 0.5) is 0 Å². The van der Waals surface area contributed by atoms with Crippen molar-refractivity contribution in [1.82, 2.24) is 0 Å². The van der Waals surface area contributed by atoms with Crippen LogP contribution in [0, 0.1) is 5.92 Å². The van der Waals surface area contributed by atoms with Crippen molar-refractivity contribution in [3.8, 4) is 0 Å². The van der Waals surface area contributed by atoms with E-state index < -0.39 is 0 Å². The molecule has 18 heavy (non-hydrogen) atoms. The SMILES string of the molecule is C=CCc1ccc(C2OCC(CC=C)CO2)cc1. The zero-order chi connectivity index (χ0) is 12.8. The van der Waals surface area contributed by atoms with Crippen LogP contribution in [0.2, 0.25) is 0 Å². The summed E-state index contributed by atoms with van der Waals surface area (Å²) in [5, 5.41) is 0. The van der Waals surface area contributed by atoms with E-state index in [1.54, 1.807) is 0 Å². The van der Waals surface area contributed by atoms with E-state index in [4.69, 9.17) is 9.47 Å². The van der Waals surface area contributed by atoms with Crippen molar-refractivity contribution in [3.63, 3.8) is 0 Å². The Morgan fingerprint density at radius 3 is 2.28 bits per heavy atom. The molecule has 1 aliphatic rings. The molecule has 0 N–H and O–H groups in total. The highest BCUT2D eigenvalue weighted by Crippen LogP contribution is 2.26. The van der Waals surface area contributed by atoms with Gasteiger partial charge in [0.05, 0.1) is 13.2 Å². The van der Waals surface area contributed by atoms with E-state index >= 15 is 0 Å². The number of allylic oxidation sites excluding steroid dienone is 2. The van der Waals surface area contributed by atoms with Crippen LogP contribution in [-0.4, -0.2) is 13.2 Å². The van der Waals surface area contributed by atoms with E-state index in [9.17, 15) is 0 Å². The Hall–Kier alpha value is -1.38. The van der Waals surface area contributed by atoms with Gasteiger partial charge in [0.15, 0.2) is 6.29 Å². The lowest BCUT2D eigenvalue weighted by atomic mass is 10.1. The molecule has 0 atom stereocenters. The third-order valence-corrected chi connectivity index (χ3v) is 3.10. The van der Waals surface area contributed by atoms with Gasteiger partial charge in [0, 0.05) is 11.5 Å². The summed E-state index contributed by atoms with van der Waals surface area (Å²) in [5.74, 6) is 0.443. The van der Waals surface area contributed by atoms with Gasteiger partial charge in [-0.25, -0.2) is 0 Å².